The monoisotopic (exact) mass is 558 g/mol. The summed E-state index contributed by atoms with van der Waals surface area (Å²) in [4.78, 5) is 69.3. The highest BCUT2D eigenvalue weighted by Gasteiger charge is 2.70. The Balaban J connectivity index is 1.87. The van der Waals surface area contributed by atoms with Gasteiger partial charge in [-0.2, -0.15) is 0 Å². The quantitative estimate of drug-likeness (QED) is 0.297. The number of carbonyl (C=O) groups is 5. The topological polar surface area (TPSA) is 125 Å². The van der Waals surface area contributed by atoms with Gasteiger partial charge in [0.05, 0.1) is 0 Å². The number of nitrogens with one attached hydrogen (secondary N) is 2. The second kappa shape index (κ2) is 12.1. The highest BCUT2D eigenvalue weighted by molar-refractivity contribution is 6.38. The lowest BCUT2D eigenvalue weighted by Crippen LogP contribution is -2.59. The highest BCUT2D eigenvalue weighted by atomic mass is 16.6. The normalized spacial score (nSPS) is 24.8. The fourth-order valence-electron chi connectivity index (χ4n) is 6.45. The molecule has 5 atom stereocenters. The molecule has 2 saturated carbocycles. The number of amides is 4. The van der Waals surface area contributed by atoms with Gasteiger partial charge in [0.1, 0.15) is 23.7 Å². The molecule has 2 N–H and O–H groups in total. The summed E-state index contributed by atoms with van der Waals surface area (Å²) in [5.41, 5.74) is -0.876. The number of fused-ring (bicyclic) bond motifs is 1. The van der Waals surface area contributed by atoms with Crippen LogP contribution in [-0.2, 0) is 23.9 Å². The first-order valence-electron chi connectivity index (χ1n) is 14.3. The molecule has 0 bridgehead atoms. The van der Waals surface area contributed by atoms with Crippen LogP contribution < -0.4 is 10.6 Å². The molecule has 3 fully saturated rings. The summed E-state index contributed by atoms with van der Waals surface area (Å²) >= 11 is 0. The van der Waals surface area contributed by atoms with Crippen molar-refractivity contribution >= 4 is 29.6 Å². The van der Waals surface area contributed by atoms with E-state index in [2.05, 4.69) is 37.6 Å². The first-order valence-corrected chi connectivity index (χ1v) is 14.3. The largest absolute Gasteiger partial charge is 0.444 e. The lowest BCUT2D eigenvalue weighted by atomic mass is 9.93. The molecule has 0 aromatic rings. The molecule has 0 spiro atoms. The number of carbonyl (C=O) groups excluding carboxylic acids is 5. The van der Waals surface area contributed by atoms with Crippen LogP contribution in [0, 0.1) is 23.2 Å². The average molecular weight is 559 g/mol. The Kier molecular flexibility index (Phi) is 9.52. The maximum Gasteiger partial charge on any atom is 0.410 e. The van der Waals surface area contributed by atoms with Crippen molar-refractivity contribution in [1.29, 1.82) is 0 Å². The summed E-state index contributed by atoms with van der Waals surface area (Å²) in [6, 6.07) is -2.69. The molecule has 2 aliphatic carbocycles. The predicted molar refractivity (Wildman–Crippen MR) is 151 cm³/mol. The SMILES string of the molecule is C=CCNC(=O)C(=O)C(CC=C)NC(=O)C1C2C(CN1C(=O)C(C1CCCC1)N(C)C(=O)OC(C)(C)C)C2(C)C. The summed E-state index contributed by atoms with van der Waals surface area (Å²) in [6.45, 7) is 17.2. The van der Waals surface area contributed by atoms with E-state index < -0.39 is 47.4 Å². The van der Waals surface area contributed by atoms with Crippen LogP contribution in [0.3, 0.4) is 0 Å². The zero-order chi connectivity index (χ0) is 30.0. The van der Waals surface area contributed by atoms with Crippen LogP contribution >= 0.6 is 0 Å². The van der Waals surface area contributed by atoms with Crippen LogP contribution in [0.1, 0.15) is 66.7 Å². The molecular weight excluding hydrogens is 512 g/mol. The van der Waals surface area contributed by atoms with Crippen LogP contribution in [-0.4, -0.2) is 83.3 Å². The van der Waals surface area contributed by atoms with Gasteiger partial charge in [0.2, 0.25) is 17.6 Å². The van der Waals surface area contributed by atoms with Crippen molar-refractivity contribution in [3.63, 3.8) is 0 Å². The number of Topliss-reactive ketones (excluding diaryl/α,β-unsaturated/α-hetero) is 1. The number of likely N-dealkylation sites (N-methyl/N-ethyl adjacent to an activating group) is 1. The van der Waals surface area contributed by atoms with Gasteiger partial charge in [-0.05, 0) is 63.2 Å². The molecule has 10 nitrogen and oxygen atoms in total. The van der Waals surface area contributed by atoms with E-state index in [1.165, 1.54) is 17.1 Å². The Labute approximate surface area is 237 Å². The molecule has 0 aromatic carbocycles. The fraction of sp³-hybridized carbons (Fsp3) is 0.700. The van der Waals surface area contributed by atoms with Crippen LogP contribution in [0.2, 0.25) is 0 Å². The molecule has 1 heterocycles. The summed E-state index contributed by atoms with van der Waals surface area (Å²) in [5, 5.41) is 5.19. The van der Waals surface area contributed by atoms with E-state index in [9.17, 15) is 24.0 Å². The number of piperidine rings is 1. The van der Waals surface area contributed by atoms with E-state index in [0.29, 0.717) is 6.54 Å². The van der Waals surface area contributed by atoms with Crippen molar-refractivity contribution in [1.82, 2.24) is 20.4 Å². The minimum atomic E-state index is -1.11. The Hall–Kier alpha value is -3.17. The number of ether oxygens (including phenoxy) is 1. The summed E-state index contributed by atoms with van der Waals surface area (Å²) in [5.74, 6) is -2.38. The Morgan fingerprint density at radius 1 is 1.10 bits per heavy atom. The second-order valence-corrected chi connectivity index (χ2v) is 12.9. The van der Waals surface area contributed by atoms with Gasteiger partial charge < -0.3 is 20.3 Å². The lowest BCUT2D eigenvalue weighted by molar-refractivity contribution is -0.146. The van der Waals surface area contributed by atoms with Crippen LogP contribution in [0.5, 0.6) is 0 Å². The van der Waals surface area contributed by atoms with Crippen molar-refractivity contribution in [2.75, 3.05) is 20.1 Å². The molecule has 10 heteroatoms. The Morgan fingerprint density at radius 2 is 1.73 bits per heavy atom. The molecule has 222 valence electrons. The maximum atomic E-state index is 14.2. The second-order valence-electron chi connectivity index (χ2n) is 12.9. The van der Waals surface area contributed by atoms with Crippen molar-refractivity contribution in [3.05, 3.63) is 25.3 Å². The number of hydrogen-bond acceptors (Lipinski definition) is 6. The average Bonchev–Trinajstić information content (AvgIpc) is 3.32. The van der Waals surface area contributed by atoms with Crippen LogP contribution in [0.4, 0.5) is 4.79 Å². The standard InChI is InChI=1S/C30H46N4O6/c1-9-13-20(24(35)26(37)31-16-10-2)32-25(36)23-21-19(30(21,6)7)17-34(23)27(38)22(18-14-11-12-15-18)33(8)28(39)40-29(3,4)5/h9-10,18-23H,1-2,11-17H2,3-8H3,(H,31,37)(H,32,36). The Bertz CT molecular complexity index is 1040. The van der Waals surface area contributed by atoms with E-state index >= 15 is 0 Å². The molecule has 4 amide bonds. The van der Waals surface area contributed by atoms with Gasteiger partial charge in [0, 0.05) is 20.1 Å². The predicted octanol–water partition coefficient (Wildman–Crippen LogP) is 2.83. The van der Waals surface area contributed by atoms with Gasteiger partial charge in [-0.15, -0.1) is 13.2 Å². The van der Waals surface area contributed by atoms with Gasteiger partial charge in [0.15, 0.2) is 0 Å². The lowest BCUT2D eigenvalue weighted by Gasteiger charge is -2.38. The van der Waals surface area contributed by atoms with E-state index in [4.69, 9.17) is 4.74 Å². The van der Waals surface area contributed by atoms with E-state index in [1.54, 1.807) is 32.7 Å². The van der Waals surface area contributed by atoms with Gasteiger partial charge in [0.25, 0.3) is 5.91 Å². The number of hydrogen-bond donors (Lipinski definition) is 2. The van der Waals surface area contributed by atoms with Gasteiger partial charge in [-0.3, -0.25) is 24.1 Å². The molecule has 0 radical (unpaired) electrons. The van der Waals surface area contributed by atoms with Crippen molar-refractivity contribution in [2.45, 2.75) is 90.4 Å². The molecule has 40 heavy (non-hydrogen) atoms. The minimum absolute atomic E-state index is 0.0395. The number of ketones is 1. The van der Waals surface area contributed by atoms with E-state index in [-0.39, 0.29) is 42.0 Å². The smallest absolute Gasteiger partial charge is 0.410 e. The first-order chi connectivity index (χ1) is 18.7. The zero-order valence-electron chi connectivity index (χ0n) is 24.8. The van der Waals surface area contributed by atoms with Crippen LogP contribution in [0.15, 0.2) is 25.3 Å². The third-order valence-corrected chi connectivity index (χ3v) is 8.62. The number of likely N-dealkylation sites (tertiary alicyclic amines) is 1. The third kappa shape index (κ3) is 6.58. The van der Waals surface area contributed by atoms with Crippen molar-refractivity contribution < 1.29 is 28.7 Å². The van der Waals surface area contributed by atoms with Crippen molar-refractivity contribution in [2.24, 2.45) is 23.2 Å². The van der Waals surface area contributed by atoms with Gasteiger partial charge >= 0.3 is 6.09 Å². The van der Waals surface area contributed by atoms with Gasteiger partial charge in [-0.1, -0.05) is 38.8 Å². The van der Waals surface area contributed by atoms with E-state index in [0.717, 1.165) is 25.7 Å². The van der Waals surface area contributed by atoms with Crippen LogP contribution in [0.25, 0.3) is 0 Å². The molecular formula is C30H46N4O6. The first kappa shape index (κ1) is 31.4. The number of nitrogens with zero attached hydrogens (tertiary/aromatic N) is 2. The van der Waals surface area contributed by atoms with Crippen molar-refractivity contribution in [3.8, 4) is 0 Å². The molecule has 5 unspecified atom stereocenters. The fourth-order valence-corrected chi connectivity index (χ4v) is 6.45. The summed E-state index contributed by atoms with van der Waals surface area (Å²) in [6.07, 6.45) is 5.97. The summed E-state index contributed by atoms with van der Waals surface area (Å²) in [7, 11) is 1.59. The Morgan fingerprint density at radius 3 is 2.27 bits per heavy atom. The number of rotatable bonds is 11. The highest BCUT2D eigenvalue weighted by Crippen LogP contribution is 2.65. The third-order valence-electron chi connectivity index (χ3n) is 8.62. The maximum absolute atomic E-state index is 14.2. The zero-order valence-corrected chi connectivity index (χ0v) is 24.8. The molecule has 3 rings (SSSR count). The molecule has 0 aromatic heterocycles. The van der Waals surface area contributed by atoms with E-state index in [1.807, 2.05) is 0 Å². The molecule has 1 aliphatic heterocycles. The molecule has 1 saturated heterocycles. The summed E-state index contributed by atoms with van der Waals surface area (Å²) < 4.78 is 5.59. The van der Waals surface area contributed by atoms with Gasteiger partial charge in [-0.25, -0.2) is 4.79 Å². The molecule has 3 aliphatic rings. The minimum Gasteiger partial charge on any atom is -0.444 e.